The van der Waals surface area contributed by atoms with Crippen molar-refractivity contribution in [2.45, 2.75) is 24.0 Å². The molecule has 206 valence electrons. The highest BCUT2D eigenvalue weighted by Gasteiger charge is 2.33. The number of para-hydroxylation sites is 1. The monoisotopic (exact) mass is 554 g/mol. The third kappa shape index (κ3) is 6.84. The van der Waals surface area contributed by atoms with Crippen molar-refractivity contribution in [2.24, 2.45) is 0 Å². The molecule has 1 amide bonds. The molecule has 1 aliphatic rings. The number of nitrogens with one attached hydrogen (secondary N) is 1. The minimum Gasteiger partial charge on any atom is -0.497 e. The smallest absolute Gasteiger partial charge is 0.410 e. The number of anilines is 1. The van der Waals surface area contributed by atoms with Gasteiger partial charge >= 0.3 is 6.09 Å². The summed E-state index contributed by atoms with van der Waals surface area (Å²) in [6.45, 7) is 1.46. The predicted molar refractivity (Wildman–Crippen MR) is 145 cm³/mol. The zero-order valence-corrected chi connectivity index (χ0v) is 22.2. The second kappa shape index (κ2) is 12.6. The minimum atomic E-state index is -4.32. The molecule has 1 fully saturated rings. The van der Waals surface area contributed by atoms with Gasteiger partial charge in [0.25, 0.3) is 15.7 Å². The van der Waals surface area contributed by atoms with Gasteiger partial charge in [0.15, 0.2) is 4.90 Å². The molecule has 0 radical (unpaired) electrons. The highest BCUT2D eigenvalue weighted by atomic mass is 32.2. The fraction of sp³-hybridized carbons (Fsp3) is 0.296. The molecule has 1 heterocycles. The van der Waals surface area contributed by atoms with Crippen LogP contribution in [0.15, 0.2) is 83.8 Å². The van der Waals surface area contributed by atoms with Gasteiger partial charge in [-0.15, -0.1) is 0 Å². The summed E-state index contributed by atoms with van der Waals surface area (Å²) in [5.74, 6) is 0.443. The number of nitrogens with zero attached hydrogens (tertiary/aromatic N) is 3. The Balaban J connectivity index is 1.51. The third-order valence-electron chi connectivity index (χ3n) is 6.37. The number of carbonyl (C=O) groups is 1. The van der Waals surface area contributed by atoms with Gasteiger partial charge in [0.05, 0.1) is 17.7 Å². The molecule has 1 aliphatic heterocycles. The SMILES string of the molecule is COc1cccc(N(CC[C@@H]2CN(C(=O)OCc3ccccc3)CCN2)S(=O)(=O)c2ccccc2[N+](=O)[O-])c1. The first kappa shape index (κ1) is 27.9. The molecular weight excluding hydrogens is 524 g/mol. The molecule has 0 aliphatic carbocycles. The lowest BCUT2D eigenvalue weighted by atomic mass is 10.1. The molecule has 0 aromatic heterocycles. The lowest BCUT2D eigenvalue weighted by Gasteiger charge is -2.34. The van der Waals surface area contributed by atoms with Crippen molar-refractivity contribution in [3.63, 3.8) is 0 Å². The lowest BCUT2D eigenvalue weighted by Crippen LogP contribution is -2.53. The highest BCUT2D eigenvalue weighted by molar-refractivity contribution is 7.93. The quantitative estimate of drug-likeness (QED) is 0.296. The molecular formula is C27H30N4O7S. The molecule has 39 heavy (non-hydrogen) atoms. The van der Waals surface area contributed by atoms with Crippen LogP contribution in [0.4, 0.5) is 16.2 Å². The van der Waals surface area contributed by atoms with Crippen LogP contribution in [0.3, 0.4) is 0 Å². The summed E-state index contributed by atoms with van der Waals surface area (Å²) in [5.41, 5.74) is 0.683. The summed E-state index contributed by atoms with van der Waals surface area (Å²) >= 11 is 0. The van der Waals surface area contributed by atoms with E-state index in [1.54, 1.807) is 29.2 Å². The molecule has 12 heteroatoms. The summed E-state index contributed by atoms with van der Waals surface area (Å²) in [7, 11) is -2.85. The number of hydrogen-bond acceptors (Lipinski definition) is 8. The molecule has 1 atom stereocenters. The number of amides is 1. The summed E-state index contributed by atoms with van der Waals surface area (Å²) in [6, 6.07) is 20.9. The zero-order chi connectivity index (χ0) is 27.8. The van der Waals surface area contributed by atoms with Crippen molar-refractivity contribution in [1.82, 2.24) is 10.2 Å². The van der Waals surface area contributed by atoms with Crippen LogP contribution in [-0.2, 0) is 21.4 Å². The maximum absolute atomic E-state index is 13.8. The topological polar surface area (TPSA) is 131 Å². The maximum Gasteiger partial charge on any atom is 0.410 e. The van der Waals surface area contributed by atoms with E-state index in [4.69, 9.17) is 9.47 Å². The molecule has 3 aromatic carbocycles. The van der Waals surface area contributed by atoms with Gasteiger partial charge in [-0.1, -0.05) is 48.5 Å². The normalized spacial score (nSPS) is 15.4. The Bertz CT molecular complexity index is 1400. The first-order valence-electron chi connectivity index (χ1n) is 12.4. The maximum atomic E-state index is 13.8. The van der Waals surface area contributed by atoms with Crippen molar-refractivity contribution >= 4 is 27.5 Å². The Labute approximate surface area is 227 Å². The van der Waals surface area contributed by atoms with Gasteiger partial charge in [-0.05, 0) is 30.2 Å². The molecule has 1 saturated heterocycles. The fourth-order valence-corrected chi connectivity index (χ4v) is 6.00. The Morgan fingerprint density at radius 2 is 1.85 bits per heavy atom. The molecule has 0 bridgehead atoms. The van der Waals surface area contributed by atoms with Gasteiger partial charge < -0.3 is 19.7 Å². The van der Waals surface area contributed by atoms with E-state index in [1.807, 2.05) is 30.3 Å². The summed E-state index contributed by atoms with van der Waals surface area (Å²) in [6.07, 6.45) is -0.109. The van der Waals surface area contributed by atoms with Crippen LogP contribution in [0.2, 0.25) is 0 Å². The number of methoxy groups -OCH3 is 1. The zero-order valence-electron chi connectivity index (χ0n) is 21.4. The Hall–Kier alpha value is -4.16. The number of sulfonamides is 1. The molecule has 1 N–H and O–H groups in total. The van der Waals surface area contributed by atoms with Gasteiger partial charge in [-0.25, -0.2) is 13.2 Å². The molecule has 0 unspecified atom stereocenters. The van der Waals surface area contributed by atoms with E-state index >= 15 is 0 Å². The number of nitro benzene ring substituents is 1. The number of hydrogen-bond donors (Lipinski definition) is 1. The van der Waals surface area contributed by atoms with E-state index < -0.39 is 31.6 Å². The van der Waals surface area contributed by atoms with Gasteiger partial charge in [0, 0.05) is 44.4 Å². The Morgan fingerprint density at radius 1 is 1.10 bits per heavy atom. The summed E-state index contributed by atoms with van der Waals surface area (Å²) in [5, 5.41) is 14.9. The van der Waals surface area contributed by atoms with E-state index in [-0.39, 0.29) is 19.2 Å². The first-order valence-corrected chi connectivity index (χ1v) is 13.8. The van der Waals surface area contributed by atoms with Gasteiger partial charge in [0.1, 0.15) is 12.4 Å². The van der Waals surface area contributed by atoms with Crippen LogP contribution in [0.5, 0.6) is 5.75 Å². The van der Waals surface area contributed by atoms with Crippen molar-refractivity contribution in [3.8, 4) is 5.75 Å². The van der Waals surface area contributed by atoms with E-state index in [9.17, 15) is 23.3 Å². The number of rotatable bonds is 10. The minimum absolute atomic E-state index is 0.00607. The largest absolute Gasteiger partial charge is 0.497 e. The molecule has 4 rings (SSSR count). The number of benzene rings is 3. The van der Waals surface area contributed by atoms with Gasteiger partial charge in [0.2, 0.25) is 0 Å². The summed E-state index contributed by atoms with van der Waals surface area (Å²) in [4.78, 5) is 24.8. The second-order valence-corrected chi connectivity index (χ2v) is 10.8. The Morgan fingerprint density at radius 3 is 2.59 bits per heavy atom. The highest BCUT2D eigenvalue weighted by Crippen LogP contribution is 2.31. The second-order valence-electron chi connectivity index (χ2n) is 8.93. The van der Waals surface area contributed by atoms with Crippen LogP contribution >= 0.6 is 0 Å². The van der Waals surface area contributed by atoms with Gasteiger partial charge in [-0.3, -0.25) is 14.4 Å². The van der Waals surface area contributed by atoms with Crippen LogP contribution in [0.1, 0.15) is 12.0 Å². The fourth-order valence-electron chi connectivity index (χ4n) is 4.37. The van der Waals surface area contributed by atoms with E-state index in [2.05, 4.69) is 5.32 Å². The van der Waals surface area contributed by atoms with Crippen molar-refractivity contribution < 1.29 is 27.6 Å². The van der Waals surface area contributed by atoms with Crippen LogP contribution in [0, 0.1) is 10.1 Å². The average molecular weight is 555 g/mol. The predicted octanol–water partition coefficient (Wildman–Crippen LogP) is 3.80. The lowest BCUT2D eigenvalue weighted by molar-refractivity contribution is -0.387. The molecule has 11 nitrogen and oxygen atoms in total. The van der Waals surface area contributed by atoms with Crippen LogP contribution < -0.4 is 14.4 Å². The van der Waals surface area contributed by atoms with Crippen molar-refractivity contribution in [1.29, 1.82) is 0 Å². The molecule has 3 aromatic rings. The number of ether oxygens (including phenoxy) is 2. The van der Waals surface area contributed by atoms with Crippen LogP contribution in [-0.4, -0.2) is 63.7 Å². The number of nitro groups is 1. The third-order valence-corrected chi connectivity index (χ3v) is 8.25. The molecule has 0 saturated carbocycles. The van der Waals surface area contributed by atoms with Crippen molar-refractivity contribution in [3.05, 3.63) is 94.5 Å². The standard InChI is InChI=1S/C27H30N4O7S/c1-37-24-11-7-10-23(18-24)30(39(35,36)26-13-6-5-12-25(26)31(33)34)16-14-22-19-29(17-15-28-22)27(32)38-20-21-8-3-2-4-9-21/h2-13,18,22,28H,14-17,19-20H2,1H3/t22-/m1/s1. The van der Waals surface area contributed by atoms with Crippen LogP contribution in [0.25, 0.3) is 0 Å². The Kier molecular flexibility index (Phi) is 8.99. The number of carbonyl (C=O) groups excluding carboxylic acids is 1. The van der Waals surface area contributed by atoms with E-state index in [0.717, 1.165) is 15.9 Å². The number of piperazine rings is 1. The van der Waals surface area contributed by atoms with E-state index in [1.165, 1.54) is 25.3 Å². The van der Waals surface area contributed by atoms with E-state index in [0.29, 0.717) is 37.5 Å². The van der Waals surface area contributed by atoms with Crippen molar-refractivity contribution in [2.75, 3.05) is 37.6 Å². The summed E-state index contributed by atoms with van der Waals surface area (Å²) < 4.78 is 39.5. The van der Waals surface area contributed by atoms with Gasteiger partial charge in [-0.2, -0.15) is 0 Å². The average Bonchev–Trinajstić information content (AvgIpc) is 2.96. The first-order chi connectivity index (χ1) is 18.8. The molecule has 0 spiro atoms.